The Labute approximate surface area is 111 Å². The van der Waals surface area contributed by atoms with Crippen LogP contribution < -0.4 is 5.32 Å². The minimum Gasteiger partial charge on any atom is -0.396 e. The van der Waals surface area contributed by atoms with Crippen molar-refractivity contribution in [3.63, 3.8) is 0 Å². The van der Waals surface area contributed by atoms with Crippen LogP contribution in [0.5, 0.6) is 0 Å². The first-order valence-corrected chi connectivity index (χ1v) is 6.28. The lowest BCUT2D eigenvalue weighted by Crippen LogP contribution is -2.18. The van der Waals surface area contributed by atoms with Crippen molar-refractivity contribution in [3.05, 3.63) is 34.9 Å². The molecule has 1 aromatic carbocycles. The van der Waals surface area contributed by atoms with E-state index in [4.69, 9.17) is 10.4 Å². The number of nitriles is 1. The number of hydrogen-bond acceptors (Lipinski definition) is 3. The molecule has 2 N–H and O–H groups in total. The maximum atomic E-state index is 13.5. The Balaban J connectivity index is 2.44. The van der Waals surface area contributed by atoms with E-state index < -0.39 is 11.6 Å². The molecule has 0 radical (unpaired) electrons. The largest absolute Gasteiger partial charge is 0.396 e. The van der Waals surface area contributed by atoms with Gasteiger partial charge in [-0.3, -0.25) is 0 Å². The zero-order valence-electron chi connectivity index (χ0n) is 10.9. The molecule has 0 saturated heterocycles. The molecule has 19 heavy (non-hydrogen) atoms. The molecule has 0 aromatic heterocycles. The second-order valence-corrected chi connectivity index (χ2v) is 4.64. The number of aliphatic hydroxyl groups excluding tert-OH is 1. The summed E-state index contributed by atoms with van der Waals surface area (Å²) < 4.78 is 27.1. The molecule has 0 bridgehead atoms. The normalized spacial score (nSPS) is 12.2. The molecule has 0 heterocycles. The zero-order valence-corrected chi connectivity index (χ0v) is 10.9. The number of aliphatic hydroxyl groups is 1. The van der Waals surface area contributed by atoms with Crippen molar-refractivity contribution in [3.8, 4) is 6.07 Å². The van der Waals surface area contributed by atoms with E-state index in [-0.39, 0.29) is 30.2 Å². The van der Waals surface area contributed by atoms with Crippen molar-refractivity contribution >= 4 is 0 Å². The Morgan fingerprint density at radius 3 is 2.53 bits per heavy atom. The number of nitrogens with zero attached hydrogens (tertiary/aromatic N) is 1. The Morgan fingerprint density at radius 2 is 2.00 bits per heavy atom. The Kier molecular flexibility index (Phi) is 6.40. The molecule has 0 saturated carbocycles. The number of nitrogens with one attached hydrogen (secondary N) is 1. The highest BCUT2D eigenvalue weighted by molar-refractivity contribution is 5.34. The van der Waals surface area contributed by atoms with Gasteiger partial charge in [0, 0.05) is 18.7 Å². The maximum Gasteiger partial charge on any atom is 0.131 e. The topological polar surface area (TPSA) is 56.0 Å². The third kappa shape index (κ3) is 4.93. The second kappa shape index (κ2) is 7.82. The summed E-state index contributed by atoms with van der Waals surface area (Å²) >= 11 is 0. The SMILES string of the molecule is CC(CO)CCCNCc1c(F)cc(C#N)cc1F. The van der Waals surface area contributed by atoms with Crippen LogP contribution >= 0.6 is 0 Å². The van der Waals surface area contributed by atoms with E-state index in [0.717, 1.165) is 25.0 Å². The van der Waals surface area contributed by atoms with Crippen LogP contribution in [0.1, 0.15) is 30.9 Å². The molecule has 1 rings (SSSR count). The highest BCUT2D eigenvalue weighted by Crippen LogP contribution is 2.15. The van der Waals surface area contributed by atoms with Gasteiger partial charge >= 0.3 is 0 Å². The second-order valence-electron chi connectivity index (χ2n) is 4.64. The maximum absolute atomic E-state index is 13.5. The van der Waals surface area contributed by atoms with E-state index in [1.807, 2.05) is 6.92 Å². The number of rotatable bonds is 7. The fourth-order valence-corrected chi connectivity index (χ4v) is 1.72. The Bertz CT molecular complexity index is 434. The molecule has 3 nitrogen and oxygen atoms in total. The molecule has 5 heteroatoms. The highest BCUT2D eigenvalue weighted by Gasteiger charge is 2.10. The third-order valence-electron chi connectivity index (χ3n) is 2.93. The average Bonchev–Trinajstić information content (AvgIpc) is 2.40. The highest BCUT2D eigenvalue weighted by atomic mass is 19.1. The fraction of sp³-hybridized carbons (Fsp3) is 0.500. The predicted octanol–water partition coefficient (Wildman–Crippen LogP) is 2.33. The lowest BCUT2D eigenvalue weighted by Gasteiger charge is -2.09. The number of halogens is 2. The van der Waals surface area contributed by atoms with Crippen LogP contribution in [-0.4, -0.2) is 18.3 Å². The number of benzene rings is 1. The summed E-state index contributed by atoms with van der Waals surface area (Å²) in [5.41, 5.74) is -0.0651. The molecule has 1 aromatic rings. The van der Waals surface area contributed by atoms with Crippen molar-refractivity contribution in [1.82, 2.24) is 5.32 Å². The summed E-state index contributed by atoms with van der Waals surface area (Å²) in [7, 11) is 0. The molecule has 0 aliphatic carbocycles. The molecule has 1 atom stereocenters. The summed E-state index contributed by atoms with van der Waals surface area (Å²) in [5, 5.41) is 20.4. The summed E-state index contributed by atoms with van der Waals surface area (Å²) in [4.78, 5) is 0. The monoisotopic (exact) mass is 268 g/mol. The van der Waals surface area contributed by atoms with E-state index in [2.05, 4.69) is 5.32 Å². The van der Waals surface area contributed by atoms with E-state index in [1.165, 1.54) is 0 Å². The van der Waals surface area contributed by atoms with E-state index in [1.54, 1.807) is 6.07 Å². The molecule has 0 spiro atoms. The smallest absolute Gasteiger partial charge is 0.131 e. The fourth-order valence-electron chi connectivity index (χ4n) is 1.72. The summed E-state index contributed by atoms with van der Waals surface area (Å²) in [5.74, 6) is -1.16. The van der Waals surface area contributed by atoms with Crippen LogP contribution in [-0.2, 0) is 6.54 Å². The minimum absolute atomic E-state index is 0.0180. The van der Waals surface area contributed by atoms with Gasteiger partial charge in [0.2, 0.25) is 0 Å². The van der Waals surface area contributed by atoms with Crippen molar-refractivity contribution in [1.29, 1.82) is 5.26 Å². The van der Waals surface area contributed by atoms with Crippen LogP contribution in [0.3, 0.4) is 0 Å². The van der Waals surface area contributed by atoms with Crippen molar-refractivity contribution in [2.45, 2.75) is 26.3 Å². The van der Waals surface area contributed by atoms with Crippen LogP contribution in [0.4, 0.5) is 8.78 Å². The first kappa shape index (κ1) is 15.5. The average molecular weight is 268 g/mol. The van der Waals surface area contributed by atoms with Crippen LogP contribution in [0, 0.1) is 28.9 Å². The van der Waals surface area contributed by atoms with Gasteiger partial charge < -0.3 is 10.4 Å². The van der Waals surface area contributed by atoms with Crippen LogP contribution in [0.25, 0.3) is 0 Å². The minimum atomic E-state index is -0.701. The first-order valence-electron chi connectivity index (χ1n) is 6.28. The van der Waals surface area contributed by atoms with Gasteiger partial charge in [-0.15, -0.1) is 0 Å². The third-order valence-corrected chi connectivity index (χ3v) is 2.93. The molecular weight excluding hydrogens is 250 g/mol. The summed E-state index contributed by atoms with van der Waals surface area (Å²) in [6.45, 7) is 2.82. The van der Waals surface area contributed by atoms with E-state index in [9.17, 15) is 8.78 Å². The van der Waals surface area contributed by atoms with Gasteiger partial charge in [0.15, 0.2) is 0 Å². The summed E-state index contributed by atoms with van der Waals surface area (Å²) in [6, 6.07) is 3.78. The molecule has 0 aliphatic heterocycles. The molecule has 1 unspecified atom stereocenters. The first-order chi connectivity index (χ1) is 9.08. The number of hydrogen-bond donors (Lipinski definition) is 2. The van der Waals surface area contributed by atoms with Gasteiger partial charge in [0.25, 0.3) is 0 Å². The zero-order chi connectivity index (χ0) is 14.3. The molecule has 0 fully saturated rings. The lowest BCUT2D eigenvalue weighted by molar-refractivity contribution is 0.228. The molecular formula is C14H18F2N2O. The Morgan fingerprint density at radius 1 is 1.37 bits per heavy atom. The van der Waals surface area contributed by atoms with Crippen molar-refractivity contribution in [2.24, 2.45) is 5.92 Å². The van der Waals surface area contributed by atoms with Crippen molar-refractivity contribution in [2.75, 3.05) is 13.2 Å². The van der Waals surface area contributed by atoms with Crippen LogP contribution in [0.2, 0.25) is 0 Å². The van der Waals surface area contributed by atoms with Gasteiger partial charge in [0.1, 0.15) is 11.6 Å². The quantitative estimate of drug-likeness (QED) is 0.746. The summed E-state index contributed by atoms with van der Waals surface area (Å²) in [6.07, 6.45) is 1.70. The lowest BCUT2D eigenvalue weighted by atomic mass is 10.1. The molecule has 0 aliphatic rings. The van der Waals surface area contributed by atoms with E-state index >= 15 is 0 Å². The van der Waals surface area contributed by atoms with Gasteiger partial charge in [-0.05, 0) is 37.4 Å². The van der Waals surface area contributed by atoms with E-state index in [0.29, 0.717) is 6.54 Å². The molecule has 104 valence electrons. The molecule has 0 amide bonds. The predicted molar refractivity (Wildman–Crippen MR) is 68.3 cm³/mol. The Hall–Kier alpha value is -1.51. The van der Waals surface area contributed by atoms with Crippen LogP contribution in [0.15, 0.2) is 12.1 Å². The standard InChI is InChI=1S/C14H18F2N2O/c1-10(9-19)3-2-4-18-8-12-13(15)5-11(7-17)6-14(12)16/h5-6,10,18-19H,2-4,8-9H2,1H3. The van der Waals surface area contributed by atoms with Crippen molar-refractivity contribution < 1.29 is 13.9 Å². The van der Waals surface area contributed by atoms with Gasteiger partial charge in [0.05, 0.1) is 11.6 Å². The van der Waals surface area contributed by atoms with Gasteiger partial charge in [-0.1, -0.05) is 6.92 Å². The van der Waals surface area contributed by atoms with Gasteiger partial charge in [-0.25, -0.2) is 8.78 Å². The van der Waals surface area contributed by atoms with Gasteiger partial charge in [-0.2, -0.15) is 5.26 Å².